The summed E-state index contributed by atoms with van der Waals surface area (Å²) in [5, 5.41) is 17.8. The summed E-state index contributed by atoms with van der Waals surface area (Å²) in [4.78, 5) is 24.4. The third kappa shape index (κ3) is 4.89. The van der Waals surface area contributed by atoms with Crippen molar-refractivity contribution in [2.75, 3.05) is 10.6 Å². The van der Waals surface area contributed by atoms with Gasteiger partial charge in [-0.3, -0.25) is 9.59 Å². The fourth-order valence-electron chi connectivity index (χ4n) is 2.34. The van der Waals surface area contributed by atoms with Crippen LogP contribution in [-0.2, 0) is 16.1 Å². The second-order valence-corrected chi connectivity index (χ2v) is 6.34. The first kappa shape index (κ1) is 18.5. The number of benzene rings is 2. The van der Waals surface area contributed by atoms with Crippen LogP contribution in [0.3, 0.4) is 0 Å². The van der Waals surface area contributed by atoms with Crippen molar-refractivity contribution in [1.29, 1.82) is 0 Å². The van der Waals surface area contributed by atoms with E-state index in [-0.39, 0.29) is 18.4 Å². The van der Waals surface area contributed by atoms with Gasteiger partial charge in [-0.2, -0.15) is 4.80 Å². The maximum absolute atomic E-state index is 12.1. The van der Waals surface area contributed by atoms with Gasteiger partial charge in [0, 0.05) is 18.2 Å². The fraction of sp³-hybridized carbons (Fsp3) is 0.167. The number of nitrogens with one attached hydrogen (secondary N) is 2. The predicted octanol–water partition coefficient (Wildman–Crippen LogP) is 2.90. The molecule has 27 heavy (non-hydrogen) atoms. The van der Waals surface area contributed by atoms with Gasteiger partial charge in [0.25, 0.3) is 0 Å². The first-order valence-electron chi connectivity index (χ1n) is 8.12. The van der Waals surface area contributed by atoms with Crippen LogP contribution >= 0.6 is 11.6 Å². The predicted molar refractivity (Wildman–Crippen MR) is 102 cm³/mol. The van der Waals surface area contributed by atoms with E-state index >= 15 is 0 Å². The van der Waals surface area contributed by atoms with Gasteiger partial charge in [-0.05, 0) is 42.5 Å². The van der Waals surface area contributed by atoms with Gasteiger partial charge in [0.15, 0.2) is 0 Å². The van der Waals surface area contributed by atoms with E-state index in [1.165, 1.54) is 11.7 Å². The van der Waals surface area contributed by atoms with E-state index in [1.54, 1.807) is 18.2 Å². The first-order chi connectivity index (χ1) is 12.9. The minimum Gasteiger partial charge on any atom is -0.325 e. The number of rotatable bonds is 5. The van der Waals surface area contributed by atoms with Crippen molar-refractivity contribution >= 4 is 34.8 Å². The molecule has 0 unspecified atom stereocenters. The molecule has 138 valence electrons. The Kier molecular flexibility index (Phi) is 5.46. The maximum atomic E-state index is 12.1. The van der Waals surface area contributed by atoms with Crippen molar-refractivity contribution in [3.63, 3.8) is 0 Å². The lowest BCUT2D eigenvalue weighted by Crippen LogP contribution is -2.20. The lowest BCUT2D eigenvalue weighted by molar-refractivity contribution is -0.117. The van der Waals surface area contributed by atoms with Crippen LogP contribution in [0, 0.1) is 6.92 Å². The third-order valence-electron chi connectivity index (χ3n) is 3.61. The minimum absolute atomic E-state index is 0.0708. The summed E-state index contributed by atoms with van der Waals surface area (Å²) in [5.41, 5.74) is 2.93. The van der Waals surface area contributed by atoms with Crippen LogP contribution < -0.4 is 10.6 Å². The van der Waals surface area contributed by atoms with E-state index < -0.39 is 0 Å². The highest BCUT2D eigenvalue weighted by molar-refractivity contribution is 6.34. The fourth-order valence-corrected chi connectivity index (χ4v) is 2.56. The number of aryl methyl sites for hydroxylation is 1. The lowest BCUT2D eigenvalue weighted by atomic mass is 10.2. The SMILES string of the molecule is CC(=O)Nc1ccc(-c2nnn(CC(=O)Nc3ccc(C)cc3)n2)cc1Cl. The normalized spacial score (nSPS) is 10.5. The topological polar surface area (TPSA) is 102 Å². The molecule has 0 saturated carbocycles. The van der Waals surface area contributed by atoms with Crippen molar-refractivity contribution in [2.24, 2.45) is 0 Å². The number of halogens is 1. The smallest absolute Gasteiger partial charge is 0.248 e. The van der Waals surface area contributed by atoms with Gasteiger partial charge < -0.3 is 10.6 Å². The van der Waals surface area contributed by atoms with E-state index in [1.807, 2.05) is 31.2 Å². The molecular formula is C18H17ClN6O2. The van der Waals surface area contributed by atoms with Crippen molar-refractivity contribution < 1.29 is 9.59 Å². The average Bonchev–Trinajstić information content (AvgIpc) is 3.06. The maximum Gasteiger partial charge on any atom is 0.248 e. The van der Waals surface area contributed by atoms with E-state index in [4.69, 9.17) is 11.6 Å². The molecule has 2 aromatic carbocycles. The Morgan fingerprint density at radius 2 is 1.85 bits per heavy atom. The highest BCUT2D eigenvalue weighted by Crippen LogP contribution is 2.26. The standard InChI is InChI=1S/C18H17ClN6O2/c1-11-3-6-14(7-4-11)21-17(27)10-25-23-18(22-24-25)13-5-8-16(15(19)9-13)20-12(2)26/h3-9H,10H2,1-2H3,(H,20,26)(H,21,27). The molecule has 0 fully saturated rings. The number of carbonyl (C=O) groups excluding carboxylic acids is 2. The first-order valence-corrected chi connectivity index (χ1v) is 8.50. The number of tetrazole rings is 1. The highest BCUT2D eigenvalue weighted by Gasteiger charge is 2.12. The number of carbonyl (C=O) groups is 2. The van der Waals surface area contributed by atoms with Crippen molar-refractivity contribution in [3.8, 4) is 11.4 Å². The molecule has 9 heteroatoms. The van der Waals surface area contributed by atoms with Crippen LogP contribution in [0.15, 0.2) is 42.5 Å². The van der Waals surface area contributed by atoms with Gasteiger partial charge in [0.1, 0.15) is 6.54 Å². The molecule has 3 rings (SSSR count). The zero-order chi connectivity index (χ0) is 19.4. The molecule has 2 N–H and O–H groups in total. The molecule has 0 atom stereocenters. The van der Waals surface area contributed by atoms with Gasteiger partial charge >= 0.3 is 0 Å². The molecule has 0 saturated heterocycles. The van der Waals surface area contributed by atoms with E-state index in [0.29, 0.717) is 27.8 Å². The Hall–Kier alpha value is -3.26. The van der Waals surface area contributed by atoms with Crippen molar-refractivity contribution in [3.05, 3.63) is 53.1 Å². The van der Waals surface area contributed by atoms with Crippen LogP contribution in [-0.4, -0.2) is 32.0 Å². The summed E-state index contributed by atoms with van der Waals surface area (Å²) in [5.74, 6) is -0.149. The number of aromatic nitrogens is 4. The molecule has 8 nitrogen and oxygen atoms in total. The van der Waals surface area contributed by atoms with Crippen molar-refractivity contribution in [2.45, 2.75) is 20.4 Å². The largest absolute Gasteiger partial charge is 0.325 e. The number of nitrogens with zero attached hydrogens (tertiary/aromatic N) is 4. The summed E-state index contributed by atoms with van der Waals surface area (Å²) in [6.07, 6.45) is 0. The molecule has 0 aliphatic heterocycles. The Labute approximate surface area is 160 Å². The third-order valence-corrected chi connectivity index (χ3v) is 3.92. The summed E-state index contributed by atoms with van der Waals surface area (Å²) < 4.78 is 0. The molecule has 0 radical (unpaired) electrons. The van der Waals surface area contributed by atoms with Crippen LogP contribution in [0.1, 0.15) is 12.5 Å². The van der Waals surface area contributed by atoms with Crippen molar-refractivity contribution in [1.82, 2.24) is 20.2 Å². The van der Waals surface area contributed by atoms with Crippen LogP contribution in [0.5, 0.6) is 0 Å². The highest BCUT2D eigenvalue weighted by atomic mass is 35.5. The molecule has 1 heterocycles. The average molecular weight is 385 g/mol. The molecule has 3 aromatic rings. The van der Waals surface area contributed by atoms with E-state index in [9.17, 15) is 9.59 Å². The molecule has 0 aliphatic carbocycles. The Balaban J connectivity index is 1.67. The second kappa shape index (κ2) is 7.96. The minimum atomic E-state index is -0.262. The van der Waals surface area contributed by atoms with Crippen LogP contribution in [0.25, 0.3) is 11.4 Å². The Morgan fingerprint density at radius 1 is 1.11 bits per heavy atom. The number of anilines is 2. The van der Waals surface area contributed by atoms with E-state index in [2.05, 4.69) is 26.0 Å². The summed E-state index contributed by atoms with van der Waals surface area (Å²) >= 11 is 6.15. The Morgan fingerprint density at radius 3 is 2.52 bits per heavy atom. The second-order valence-electron chi connectivity index (χ2n) is 5.93. The molecule has 0 aliphatic rings. The van der Waals surface area contributed by atoms with Gasteiger partial charge in [0.05, 0.1) is 10.7 Å². The van der Waals surface area contributed by atoms with Crippen LogP contribution in [0.2, 0.25) is 5.02 Å². The van der Waals surface area contributed by atoms with Gasteiger partial charge in [-0.1, -0.05) is 29.3 Å². The molecule has 1 aromatic heterocycles. The number of hydrogen-bond acceptors (Lipinski definition) is 5. The summed E-state index contributed by atoms with van der Waals surface area (Å²) in [6, 6.07) is 12.5. The molecular weight excluding hydrogens is 368 g/mol. The molecule has 0 spiro atoms. The molecule has 2 amide bonds. The zero-order valence-electron chi connectivity index (χ0n) is 14.7. The van der Waals surface area contributed by atoms with Gasteiger partial charge in [-0.15, -0.1) is 10.2 Å². The number of amides is 2. The zero-order valence-corrected chi connectivity index (χ0v) is 15.5. The van der Waals surface area contributed by atoms with Gasteiger partial charge in [0.2, 0.25) is 17.6 Å². The lowest BCUT2D eigenvalue weighted by Gasteiger charge is -2.05. The summed E-state index contributed by atoms with van der Waals surface area (Å²) in [6.45, 7) is 3.30. The van der Waals surface area contributed by atoms with Gasteiger partial charge in [-0.25, -0.2) is 0 Å². The quantitative estimate of drug-likeness (QED) is 0.704. The summed E-state index contributed by atoms with van der Waals surface area (Å²) in [7, 11) is 0. The van der Waals surface area contributed by atoms with E-state index in [0.717, 1.165) is 5.56 Å². The molecule has 0 bridgehead atoms. The monoisotopic (exact) mass is 384 g/mol. The van der Waals surface area contributed by atoms with Crippen LogP contribution in [0.4, 0.5) is 11.4 Å². The number of hydrogen-bond donors (Lipinski definition) is 2. The Bertz CT molecular complexity index is 984.